The number of carbonyl (C=O) groups excluding carboxylic acids is 3. The largest absolute Gasteiger partial charge is 0.352 e. The highest BCUT2D eigenvalue weighted by Crippen LogP contribution is 2.20. The molecule has 1 saturated heterocycles. The molecule has 1 aliphatic rings. The number of amides is 3. The third-order valence-electron chi connectivity index (χ3n) is 5.15. The van der Waals surface area contributed by atoms with Crippen molar-refractivity contribution in [3.63, 3.8) is 0 Å². The molecule has 0 aromatic heterocycles. The molecule has 0 saturated carbocycles. The number of anilines is 1. The third kappa shape index (κ3) is 6.17. The van der Waals surface area contributed by atoms with Crippen molar-refractivity contribution in [1.29, 1.82) is 0 Å². The Hall–Kier alpha value is -3.15. The van der Waals surface area contributed by atoms with Crippen LogP contribution >= 0.6 is 0 Å². The molecule has 0 radical (unpaired) electrons. The van der Waals surface area contributed by atoms with E-state index in [4.69, 9.17) is 0 Å². The van der Waals surface area contributed by atoms with Gasteiger partial charge in [-0.2, -0.15) is 0 Å². The lowest BCUT2D eigenvalue weighted by Gasteiger charge is -2.31. The Bertz CT molecular complexity index is 816. The molecule has 0 bridgehead atoms. The van der Waals surface area contributed by atoms with Crippen LogP contribution in [0.1, 0.15) is 36.0 Å². The van der Waals surface area contributed by atoms with E-state index < -0.39 is 0 Å². The number of hydrogen-bond donors (Lipinski definition) is 2. The molecule has 6 heteroatoms. The molecule has 0 spiro atoms. The summed E-state index contributed by atoms with van der Waals surface area (Å²) in [5, 5.41) is 5.78. The van der Waals surface area contributed by atoms with Gasteiger partial charge in [0.1, 0.15) is 0 Å². The fourth-order valence-corrected chi connectivity index (χ4v) is 3.45. The molecular weight excluding hydrogens is 366 g/mol. The second-order valence-corrected chi connectivity index (χ2v) is 7.24. The number of nitrogens with one attached hydrogen (secondary N) is 2. The minimum absolute atomic E-state index is 0.0203. The molecular formula is C23H27N3O3. The second-order valence-electron chi connectivity index (χ2n) is 7.24. The Morgan fingerprint density at radius 2 is 1.52 bits per heavy atom. The Morgan fingerprint density at radius 1 is 0.897 bits per heavy atom. The average Bonchev–Trinajstić information content (AvgIpc) is 2.77. The second kappa shape index (κ2) is 10.4. The van der Waals surface area contributed by atoms with E-state index in [1.54, 1.807) is 12.1 Å². The van der Waals surface area contributed by atoms with Gasteiger partial charge in [-0.3, -0.25) is 14.4 Å². The lowest BCUT2D eigenvalue weighted by atomic mass is 9.95. The van der Waals surface area contributed by atoms with Crippen LogP contribution in [0.15, 0.2) is 60.7 Å². The fourth-order valence-electron chi connectivity index (χ4n) is 3.45. The molecule has 2 aromatic rings. The highest BCUT2D eigenvalue weighted by Gasteiger charge is 2.27. The Kier molecular flexibility index (Phi) is 7.39. The highest BCUT2D eigenvalue weighted by molar-refractivity contribution is 5.94. The van der Waals surface area contributed by atoms with Crippen LogP contribution in [0.5, 0.6) is 0 Å². The standard InChI is InChI=1S/C23H27N3O3/c27-21(12-7-15-24-22(28)18-8-3-1-4-9-18)26-16-13-19(14-17-26)23(29)25-20-10-5-2-6-11-20/h1-6,8-11,19H,7,12-17H2,(H,24,28)(H,25,29). The zero-order valence-electron chi connectivity index (χ0n) is 16.5. The topological polar surface area (TPSA) is 78.5 Å². The minimum Gasteiger partial charge on any atom is -0.352 e. The first-order chi connectivity index (χ1) is 14.1. The van der Waals surface area contributed by atoms with Crippen LogP contribution in [0.25, 0.3) is 0 Å². The Balaban J connectivity index is 1.33. The van der Waals surface area contributed by atoms with Crippen molar-refractivity contribution in [3.05, 3.63) is 66.2 Å². The third-order valence-corrected chi connectivity index (χ3v) is 5.15. The summed E-state index contributed by atoms with van der Waals surface area (Å²) in [7, 11) is 0. The SMILES string of the molecule is O=C(NCCCC(=O)N1CCC(C(=O)Nc2ccccc2)CC1)c1ccccc1. The number of rotatable bonds is 7. The summed E-state index contributed by atoms with van der Waals surface area (Å²) in [5.74, 6) is -0.0829. The molecule has 3 rings (SSSR count). The van der Waals surface area contributed by atoms with Gasteiger partial charge in [0.05, 0.1) is 0 Å². The fraction of sp³-hybridized carbons (Fsp3) is 0.348. The smallest absolute Gasteiger partial charge is 0.251 e. The summed E-state index contributed by atoms with van der Waals surface area (Å²) in [5.41, 5.74) is 1.42. The number of benzene rings is 2. The monoisotopic (exact) mass is 393 g/mol. The van der Waals surface area contributed by atoms with E-state index in [1.165, 1.54) is 0 Å². The summed E-state index contributed by atoms with van der Waals surface area (Å²) in [6.45, 7) is 1.67. The summed E-state index contributed by atoms with van der Waals surface area (Å²) < 4.78 is 0. The predicted octanol–water partition coefficient (Wildman–Crippen LogP) is 3.07. The van der Waals surface area contributed by atoms with Crippen LogP contribution in [-0.4, -0.2) is 42.3 Å². The van der Waals surface area contributed by atoms with Crippen LogP contribution in [0.3, 0.4) is 0 Å². The highest BCUT2D eigenvalue weighted by atomic mass is 16.2. The van der Waals surface area contributed by atoms with E-state index in [2.05, 4.69) is 10.6 Å². The molecule has 152 valence electrons. The van der Waals surface area contributed by atoms with E-state index in [1.807, 2.05) is 53.4 Å². The van der Waals surface area contributed by atoms with Crippen molar-refractivity contribution >= 4 is 23.4 Å². The molecule has 1 aliphatic heterocycles. The van der Waals surface area contributed by atoms with Crippen molar-refractivity contribution < 1.29 is 14.4 Å². The molecule has 29 heavy (non-hydrogen) atoms. The van der Waals surface area contributed by atoms with Gasteiger partial charge >= 0.3 is 0 Å². The van der Waals surface area contributed by atoms with Gasteiger partial charge in [0.15, 0.2) is 0 Å². The van der Waals surface area contributed by atoms with E-state index in [-0.39, 0.29) is 23.6 Å². The number of hydrogen-bond acceptors (Lipinski definition) is 3. The molecule has 0 atom stereocenters. The Labute approximate surface area is 171 Å². The molecule has 2 aromatic carbocycles. The van der Waals surface area contributed by atoms with Crippen molar-refractivity contribution in [2.75, 3.05) is 25.0 Å². The maximum absolute atomic E-state index is 12.4. The van der Waals surface area contributed by atoms with Crippen LogP contribution in [0.2, 0.25) is 0 Å². The van der Waals surface area contributed by atoms with Gasteiger partial charge in [0.2, 0.25) is 11.8 Å². The number of nitrogens with zero attached hydrogens (tertiary/aromatic N) is 1. The molecule has 2 N–H and O–H groups in total. The molecule has 1 fully saturated rings. The molecule has 0 aliphatic carbocycles. The normalized spacial score (nSPS) is 14.3. The van der Waals surface area contributed by atoms with Gasteiger partial charge < -0.3 is 15.5 Å². The lowest BCUT2D eigenvalue weighted by Crippen LogP contribution is -2.41. The van der Waals surface area contributed by atoms with Gasteiger partial charge in [0, 0.05) is 43.2 Å². The summed E-state index contributed by atoms with van der Waals surface area (Å²) in [6.07, 6.45) is 2.35. The van der Waals surface area contributed by atoms with Crippen molar-refractivity contribution in [2.24, 2.45) is 5.92 Å². The predicted molar refractivity (Wildman–Crippen MR) is 112 cm³/mol. The number of para-hydroxylation sites is 1. The minimum atomic E-state index is -0.122. The van der Waals surface area contributed by atoms with Gasteiger partial charge in [-0.15, -0.1) is 0 Å². The first-order valence-corrected chi connectivity index (χ1v) is 10.1. The van der Waals surface area contributed by atoms with Crippen molar-refractivity contribution in [1.82, 2.24) is 10.2 Å². The van der Waals surface area contributed by atoms with E-state index in [0.717, 1.165) is 5.69 Å². The van der Waals surface area contributed by atoms with Gasteiger partial charge in [-0.1, -0.05) is 36.4 Å². The maximum Gasteiger partial charge on any atom is 0.251 e. The molecule has 3 amide bonds. The van der Waals surface area contributed by atoms with E-state index in [0.29, 0.717) is 50.9 Å². The summed E-state index contributed by atoms with van der Waals surface area (Å²) >= 11 is 0. The summed E-state index contributed by atoms with van der Waals surface area (Å²) in [4.78, 5) is 38.6. The zero-order valence-corrected chi connectivity index (χ0v) is 16.5. The number of piperidine rings is 1. The van der Waals surface area contributed by atoms with Crippen molar-refractivity contribution in [2.45, 2.75) is 25.7 Å². The van der Waals surface area contributed by atoms with Gasteiger partial charge in [0.25, 0.3) is 5.91 Å². The molecule has 0 unspecified atom stereocenters. The van der Waals surface area contributed by atoms with E-state index in [9.17, 15) is 14.4 Å². The lowest BCUT2D eigenvalue weighted by molar-refractivity contribution is -0.134. The van der Waals surface area contributed by atoms with Crippen LogP contribution in [0.4, 0.5) is 5.69 Å². The first kappa shape index (κ1) is 20.6. The van der Waals surface area contributed by atoms with Crippen LogP contribution < -0.4 is 10.6 Å². The molecule has 6 nitrogen and oxygen atoms in total. The average molecular weight is 393 g/mol. The zero-order chi connectivity index (χ0) is 20.5. The first-order valence-electron chi connectivity index (χ1n) is 10.1. The maximum atomic E-state index is 12.4. The van der Waals surface area contributed by atoms with Gasteiger partial charge in [-0.25, -0.2) is 0 Å². The van der Waals surface area contributed by atoms with Gasteiger partial charge in [-0.05, 0) is 43.5 Å². The van der Waals surface area contributed by atoms with Crippen molar-refractivity contribution in [3.8, 4) is 0 Å². The number of carbonyl (C=O) groups is 3. The van der Waals surface area contributed by atoms with Crippen LogP contribution in [-0.2, 0) is 9.59 Å². The quantitative estimate of drug-likeness (QED) is 0.710. The summed E-state index contributed by atoms with van der Waals surface area (Å²) in [6, 6.07) is 18.5. The number of likely N-dealkylation sites (tertiary alicyclic amines) is 1. The van der Waals surface area contributed by atoms with E-state index >= 15 is 0 Å². The van der Waals surface area contributed by atoms with Crippen LogP contribution in [0, 0.1) is 5.92 Å². The Morgan fingerprint density at radius 3 is 2.17 bits per heavy atom. The molecule has 1 heterocycles.